The minimum absolute atomic E-state index is 0. The van der Waals surface area contributed by atoms with Crippen molar-refractivity contribution in [3.8, 4) is 0 Å². The lowest BCUT2D eigenvalue weighted by molar-refractivity contribution is 0.431. The van der Waals surface area contributed by atoms with Gasteiger partial charge in [-0.2, -0.15) is 0 Å². The van der Waals surface area contributed by atoms with E-state index in [1.54, 1.807) is 12.1 Å². The van der Waals surface area contributed by atoms with Crippen molar-refractivity contribution in [1.29, 1.82) is 0 Å². The lowest BCUT2D eigenvalue weighted by Crippen LogP contribution is -2.22. The zero-order valence-corrected chi connectivity index (χ0v) is 6.85. The highest BCUT2D eigenvalue weighted by Gasteiger charge is 2.05. The third kappa shape index (κ3) is 1.32. The predicted octanol–water partition coefficient (Wildman–Crippen LogP) is 0.523. The van der Waals surface area contributed by atoms with Gasteiger partial charge >= 0.3 is 11.4 Å². The fraction of sp³-hybridized carbons (Fsp3) is 0.222. The molecule has 0 aliphatic heterocycles. The Labute approximate surface area is 79.6 Å². The summed E-state index contributed by atoms with van der Waals surface area (Å²) in [5, 5.41) is 0.310. The smallest absolute Gasteiger partial charge is 0.372 e. The maximum absolute atomic E-state index is 11.1. The van der Waals surface area contributed by atoms with Crippen molar-refractivity contribution in [3.63, 3.8) is 0 Å². The monoisotopic (exact) mass is 194 g/mol. The van der Waals surface area contributed by atoms with Crippen molar-refractivity contribution in [1.82, 2.24) is 9.55 Å². The van der Waals surface area contributed by atoms with Crippen LogP contribution in [-0.2, 0) is 7.05 Å². The first kappa shape index (κ1) is 10.2. The van der Waals surface area contributed by atoms with Crippen LogP contribution in [0.5, 0.6) is 0 Å². The Morgan fingerprint density at radius 1 is 1.43 bits per heavy atom. The number of nitrogens with zero attached hydrogens (tertiary/aromatic N) is 2. The van der Waals surface area contributed by atoms with Gasteiger partial charge in [-0.15, -0.1) is 0 Å². The number of fused-ring (bicyclic) bond motifs is 1. The summed E-state index contributed by atoms with van der Waals surface area (Å²) >= 11 is 0. The van der Waals surface area contributed by atoms with Crippen LogP contribution < -0.4 is 11.4 Å². The van der Waals surface area contributed by atoms with Crippen LogP contribution in [0.2, 0.25) is 0 Å². The highest BCUT2D eigenvalue weighted by molar-refractivity contribution is 5.72. The molecule has 0 amide bonds. The van der Waals surface area contributed by atoms with Gasteiger partial charge < -0.3 is 4.42 Å². The quantitative estimate of drug-likeness (QED) is 0.613. The van der Waals surface area contributed by atoms with E-state index in [9.17, 15) is 9.59 Å². The van der Waals surface area contributed by atoms with Crippen molar-refractivity contribution in [2.45, 2.75) is 7.43 Å². The van der Waals surface area contributed by atoms with E-state index in [4.69, 9.17) is 0 Å². The summed E-state index contributed by atoms with van der Waals surface area (Å²) in [7, 11) is 1.50. The van der Waals surface area contributed by atoms with Crippen molar-refractivity contribution in [3.05, 3.63) is 39.3 Å². The molecule has 2 aromatic rings. The van der Waals surface area contributed by atoms with Crippen molar-refractivity contribution >= 4 is 11.0 Å². The molecular weight excluding hydrogens is 184 g/mol. The molecule has 0 fully saturated rings. The molecule has 2 rings (SSSR count). The maximum Gasteiger partial charge on any atom is 0.423 e. The molecule has 0 spiro atoms. The molecule has 0 saturated heterocycles. The fourth-order valence-corrected chi connectivity index (χ4v) is 1.11. The van der Waals surface area contributed by atoms with Gasteiger partial charge in [0.25, 0.3) is 0 Å². The Hall–Kier alpha value is -1.91. The predicted molar refractivity (Wildman–Crippen MR) is 52.3 cm³/mol. The van der Waals surface area contributed by atoms with Gasteiger partial charge in [0.2, 0.25) is 0 Å². The summed E-state index contributed by atoms with van der Waals surface area (Å²) in [6.45, 7) is 0. The number of pyridine rings is 1. The maximum atomic E-state index is 11.1. The number of rotatable bonds is 0. The van der Waals surface area contributed by atoms with Crippen molar-refractivity contribution in [2.24, 2.45) is 7.05 Å². The van der Waals surface area contributed by atoms with Gasteiger partial charge in [0.15, 0.2) is 5.65 Å². The fourth-order valence-electron chi connectivity index (χ4n) is 1.11. The second-order valence-corrected chi connectivity index (χ2v) is 2.59. The Kier molecular flexibility index (Phi) is 2.51. The zero-order chi connectivity index (χ0) is 9.42. The van der Waals surface area contributed by atoms with E-state index >= 15 is 0 Å². The summed E-state index contributed by atoms with van der Waals surface area (Å²) in [5.74, 6) is -0.698. The van der Waals surface area contributed by atoms with E-state index in [-0.39, 0.29) is 7.43 Å². The van der Waals surface area contributed by atoms with Crippen LogP contribution in [0.1, 0.15) is 7.43 Å². The SMILES string of the molecule is C.Cn1c(=O)oc(=O)c2cccnc21. The van der Waals surface area contributed by atoms with Crippen LogP contribution in [-0.4, -0.2) is 9.55 Å². The molecule has 0 saturated carbocycles. The van der Waals surface area contributed by atoms with Gasteiger partial charge in [-0.3, -0.25) is 4.57 Å². The molecule has 0 aliphatic rings. The van der Waals surface area contributed by atoms with Crippen LogP contribution in [0.3, 0.4) is 0 Å². The molecule has 14 heavy (non-hydrogen) atoms. The average Bonchev–Trinajstić information content (AvgIpc) is 2.15. The summed E-state index contributed by atoms with van der Waals surface area (Å²) < 4.78 is 5.62. The van der Waals surface area contributed by atoms with Crippen LogP contribution in [0.4, 0.5) is 0 Å². The molecule has 5 nitrogen and oxygen atoms in total. The molecular formula is C9H10N2O3. The molecule has 0 N–H and O–H groups in total. The first-order valence-corrected chi connectivity index (χ1v) is 3.65. The minimum atomic E-state index is -0.698. The highest BCUT2D eigenvalue weighted by Crippen LogP contribution is 2.00. The first-order valence-electron chi connectivity index (χ1n) is 3.65. The van der Waals surface area contributed by atoms with Crippen LogP contribution in [0.25, 0.3) is 11.0 Å². The summed E-state index contributed by atoms with van der Waals surface area (Å²) in [4.78, 5) is 26.0. The first-order chi connectivity index (χ1) is 6.20. The van der Waals surface area contributed by atoms with Gasteiger partial charge in [-0.05, 0) is 12.1 Å². The van der Waals surface area contributed by atoms with Gasteiger partial charge in [-0.25, -0.2) is 14.6 Å². The van der Waals surface area contributed by atoms with Crippen LogP contribution in [0.15, 0.2) is 32.3 Å². The van der Waals surface area contributed by atoms with Crippen LogP contribution in [0, 0.1) is 0 Å². The van der Waals surface area contributed by atoms with Gasteiger partial charge in [0.05, 0.1) is 0 Å². The summed E-state index contributed by atoms with van der Waals surface area (Å²) in [5.41, 5.74) is -0.310. The lowest BCUT2D eigenvalue weighted by atomic mass is 10.3. The molecule has 74 valence electrons. The van der Waals surface area contributed by atoms with E-state index in [1.165, 1.54) is 17.8 Å². The molecule has 0 unspecified atom stereocenters. The molecule has 5 heteroatoms. The Bertz CT molecular complexity index is 568. The van der Waals surface area contributed by atoms with Gasteiger partial charge in [0, 0.05) is 13.2 Å². The zero-order valence-electron chi connectivity index (χ0n) is 6.85. The third-order valence-corrected chi connectivity index (χ3v) is 1.78. The van der Waals surface area contributed by atoms with Gasteiger partial charge in [-0.1, -0.05) is 7.43 Å². The molecule has 0 bridgehead atoms. The number of aromatic nitrogens is 2. The second kappa shape index (κ2) is 3.45. The molecule has 0 aliphatic carbocycles. The molecule has 0 aromatic carbocycles. The number of aryl methyl sites for hydroxylation is 1. The van der Waals surface area contributed by atoms with Crippen molar-refractivity contribution in [2.75, 3.05) is 0 Å². The number of hydrogen-bond acceptors (Lipinski definition) is 4. The standard InChI is InChI=1S/C8H6N2O3.CH4/c1-10-6-5(3-2-4-9-6)7(11)13-8(10)12;/h2-4H,1H3;1H4. The Balaban J connectivity index is 0.000000980. The summed E-state index contributed by atoms with van der Waals surface area (Å²) in [6, 6.07) is 3.18. The number of hydrogen-bond donors (Lipinski definition) is 0. The van der Waals surface area contributed by atoms with Crippen LogP contribution >= 0.6 is 0 Å². The molecule has 2 aromatic heterocycles. The van der Waals surface area contributed by atoms with E-state index in [2.05, 4.69) is 9.40 Å². The van der Waals surface area contributed by atoms with E-state index in [0.717, 1.165) is 0 Å². The molecule has 2 heterocycles. The normalized spacial score (nSPS) is 9.79. The van der Waals surface area contributed by atoms with Crippen molar-refractivity contribution < 1.29 is 4.42 Å². The topological polar surface area (TPSA) is 65.1 Å². The lowest BCUT2D eigenvalue weighted by Gasteiger charge is -1.98. The van der Waals surface area contributed by atoms with E-state index < -0.39 is 11.4 Å². The summed E-state index contributed by atoms with van der Waals surface area (Å²) in [6.07, 6.45) is 1.52. The van der Waals surface area contributed by atoms with E-state index in [1.807, 2.05) is 0 Å². The molecule has 0 atom stereocenters. The Morgan fingerprint density at radius 3 is 2.86 bits per heavy atom. The Morgan fingerprint density at radius 2 is 2.14 bits per heavy atom. The molecule has 0 radical (unpaired) electrons. The average molecular weight is 194 g/mol. The second-order valence-electron chi connectivity index (χ2n) is 2.59. The minimum Gasteiger partial charge on any atom is -0.372 e. The highest BCUT2D eigenvalue weighted by atomic mass is 16.4. The van der Waals surface area contributed by atoms with Gasteiger partial charge in [0.1, 0.15) is 5.39 Å². The van der Waals surface area contributed by atoms with E-state index in [0.29, 0.717) is 11.0 Å². The third-order valence-electron chi connectivity index (χ3n) is 1.78. The largest absolute Gasteiger partial charge is 0.423 e.